The maximum absolute atomic E-state index is 13.1. The third-order valence-corrected chi connectivity index (χ3v) is 7.77. The van der Waals surface area contributed by atoms with E-state index in [9.17, 15) is 13.2 Å². The molecule has 7 heteroatoms. The van der Waals surface area contributed by atoms with E-state index in [1.807, 2.05) is 45.0 Å². The molecule has 1 N–H and O–H groups in total. The molecule has 1 heterocycles. The molecule has 0 saturated carbocycles. The van der Waals surface area contributed by atoms with Gasteiger partial charge in [-0.05, 0) is 74.9 Å². The van der Waals surface area contributed by atoms with Gasteiger partial charge in [-0.2, -0.15) is 4.31 Å². The highest BCUT2D eigenvalue weighted by atomic mass is 32.2. The molecule has 1 aliphatic heterocycles. The topological polar surface area (TPSA) is 75.7 Å². The molecule has 1 aliphatic rings. The molecule has 2 aromatic carbocycles. The van der Waals surface area contributed by atoms with Crippen LogP contribution in [-0.4, -0.2) is 38.3 Å². The van der Waals surface area contributed by atoms with Gasteiger partial charge in [-0.25, -0.2) is 8.42 Å². The Bertz CT molecular complexity index is 1010. The predicted octanol–water partition coefficient (Wildman–Crippen LogP) is 4.31. The Kier molecular flexibility index (Phi) is 7.38. The fourth-order valence-electron chi connectivity index (χ4n) is 3.76. The van der Waals surface area contributed by atoms with E-state index >= 15 is 0 Å². The third-order valence-electron chi connectivity index (χ3n) is 5.87. The highest BCUT2D eigenvalue weighted by Gasteiger charge is 2.29. The van der Waals surface area contributed by atoms with Crippen LogP contribution >= 0.6 is 0 Å². The van der Waals surface area contributed by atoms with Crippen LogP contribution in [0.2, 0.25) is 0 Å². The molecular weight excluding hydrogens is 412 g/mol. The van der Waals surface area contributed by atoms with E-state index in [0.29, 0.717) is 31.2 Å². The molecule has 31 heavy (non-hydrogen) atoms. The van der Waals surface area contributed by atoms with Crippen molar-refractivity contribution in [2.75, 3.05) is 19.7 Å². The van der Waals surface area contributed by atoms with E-state index < -0.39 is 10.0 Å². The summed E-state index contributed by atoms with van der Waals surface area (Å²) in [7, 11) is -3.61. The lowest BCUT2D eigenvalue weighted by molar-refractivity contribution is 0.0939. The molecule has 168 valence electrons. The third kappa shape index (κ3) is 5.46. The number of carbonyl (C=O) groups excluding carboxylic acids is 1. The first-order valence-corrected chi connectivity index (χ1v) is 12.3. The second kappa shape index (κ2) is 9.83. The van der Waals surface area contributed by atoms with Gasteiger partial charge in [-0.3, -0.25) is 4.79 Å². The number of amides is 1. The zero-order chi connectivity index (χ0) is 22.6. The Balaban J connectivity index is 1.76. The van der Waals surface area contributed by atoms with E-state index in [1.165, 1.54) is 10.4 Å². The second-order valence-corrected chi connectivity index (χ2v) is 10.2. The van der Waals surface area contributed by atoms with Crippen LogP contribution in [0.3, 0.4) is 0 Å². The number of sulfonamides is 1. The molecule has 6 nitrogen and oxygen atoms in total. The van der Waals surface area contributed by atoms with Crippen LogP contribution in [0, 0.1) is 12.8 Å². The fraction of sp³-hybridized carbons (Fsp3) is 0.458. The van der Waals surface area contributed by atoms with Crippen molar-refractivity contribution in [1.82, 2.24) is 9.62 Å². The number of ether oxygens (including phenoxy) is 1. The average Bonchev–Trinajstić information content (AvgIpc) is 2.75. The van der Waals surface area contributed by atoms with Gasteiger partial charge in [-0.1, -0.05) is 25.1 Å². The van der Waals surface area contributed by atoms with Crippen LogP contribution in [0.4, 0.5) is 0 Å². The molecule has 0 aliphatic carbocycles. The first-order valence-electron chi connectivity index (χ1n) is 10.9. The van der Waals surface area contributed by atoms with Crippen molar-refractivity contribution < 1.29 is 17.9 Å². The van der Waals surface area contributed by atoms with Crippen molar-refractivity contribution in [3.05, 3.63) is 59.2 Å². The number of piperidine rings is 1. The van der Waals surface area contributed by atoms with E-state index in [1.54, 1.807) is 12.1 Å². The van der Waals surface area contributed by atoms with Crippen molar-refractivity contribution in [3.63, 3.8) is 0 Å². The number of carbonyl (C=O) groups is 1. The van der Waals surface area contributed by atoms with Gasteiger partial charge in [-0.15, -0.1) is 0 Å². The lowest BCUT2D eigenvalue weighted by atomic mass is 10.0. The second-order valence-electron chi connectivity index (χ2n) is 8.26. The first kappa shape index (κ1) is 23.3. The number of hydrogen-bond donors (Lipinski definition) is 1. The number of rotatable bonds is 7. The van der Waals surface area contributed by atoms with Crippen LogP contribution in [0.25, 0.3) is 0 Å². The minimum absolute atomic E-state index is 0.173. The quantitative estimate of drug-likeness (QED) is 0.691. The summed E-state index contributed by atoms with van der Waals surface area (Å²) < 4.78 is 33.2. The van der Waals surface area contributed by atoms with E-state index in [0.717, 1.165) is 29.7 Å². The summed E-state index contributed by atoms with van der Waals surface area (Å²) in [6.07, 6.45) is 1.72. The maximum Gasteiger partial charge on any atom is 0.252 e. The standard InChI is InChI=1S/C24H32N2O4S/c1-5-30-21-9-7-20(8-10-21)19(4)25-24(27)23-16-22(11-6-18(23)3)31(28,29)26-14-12-17(2)13-15-26/h6-11,16-17,19H,5,12-15H2,1-4H3,(H,25,27)/t19-/m0/s1. The molecule has 0 bridgehead atoms. The first-order chi connectivity index (χ1) is 14.7. The molecule has 1 atom stereocenters. The van der Waals surface area contributed by atoms with Gasteiger partial charge in [0, 0.05) is 18.7 Å². The van der Waals surface area contributed by atoms with Crippen LogP contribution in [0.5, 0.6) is 5.75 Å². The zero-order valence-corrected chi connectivity index (χ0v) is 19.5. The van der Waals surface area contributed by atoms with Crippen LogP contribution in [0.1, 0.15) is 61.1 Å². The summed E-state index contributed by atoms with van der Waals surface area (Å²) in [6.45, 7) is 9.43. The van der Waals surface area contributed by atoms with Crippen LogP contribution < -0.4 is 10.1 Å². The SMILES string of the molecule is CCOc1ccc([C@H](C)NC(=O)c2cc(S(=O)(=O)N3CCC(C)CC3)ccc2C)cc1. The fourth-order valence-corrected chi connectivity index (χ4v) is 5.25. The zero-order valence-electron chi connectivity index (χ0n) is 18.7. The monoisotopic (exact) mass is 444 g/mol. The smallest absolute Gasteiger partial charge is 0.252 e. The van der Waals surface area contributed by atoms with Gasteiger partial charge < -0.3 is 10.1 Å². The lowest BCUT2D eigenvalue weighted by Crippen LogP contribution is -2.38. The highest BCUT2D eigenvalue weighted by molar-refractivity contribution is 7.89. The van der Waals surface area contributed by atoms with Gasteiger partial charge in [0.2, 0.25) is 10.0 Å². The molecular formula is C24H32N2O4S. The Hall–Kier alpha value is -2.38. The minimum atomic E-state index is -3.61. The largest absolute Gasteiger partial charge is 0.494 e. The summed E-state index contributed by atoms with van der Waals surface area (Å²) in [6, 6.07) is 12.2. The molecule has 0 spiro atoms. The van der Waals surface area contributed by atoms with Gasteiger partial charge in [0.15, 0.2) is 0 Å². The molecule has 0 radical (unpaired) electrons. The summed E-state index contributed by atoms with van der Waals surface area (Å²) >= 11 is 0. The molecule has 2 aromatic rings. The Morgan fingerprint density at radius 1 is 1.16 bits per heavy atom. The number of nitrogens with zero attached hydrogens (tertiary/aromatic N) is 1. The molecule has 1 amide bonds. The molecule has 1 saturated heterocycles. The average molecular weight is 445 g/mol. The number of hydrogen-bond acceptors (Lipinski definition) is 4. The van der Waals surface area contributed by atoms with Crippen LogP contribution in [-0.2, 0) is 10.0 Å². The Morgan fingerprint density at radius 2 is 1.81 bits per heavy atom. The summed E-state index contributed by atoms with van der Waals surface area (Å²) in [5.41, 5.74) is 2.06. The summed E-state index contributed by atoms with van der Waals surface area (Å²) in [5.74, 6) is 1.03. The van der Waals surface area contributed by atoms with Gasteiger partial charge in [0.05, 0.1) is 17.5 Å². The van der Waals surface area contributed by atoms with Gasteiger partial charge >= 0.3 is 0 Å². The van der Waals surface area contributed by atoms with Gasteiger partial charge in [0.25, 0.3) is 5.91 Å². The molecule has 0 aromatic heterocycles. The Labute approximate surface area is 185 Å². The van der Waals surface area contributed by atoms with Crippen molar-refractivity contribution in [2.45, 2.75) is 51.5 Å². The lowest BCUT2D eigenvalue weighted by Gasteiger charge is -2.29. The maximum atomic E-state index is 13.1. The van der Waals surface area contributed by atoms with E-state index in [-0.39, 0.29) is 16.8 Å². The van der Waals surface area contributed by atoms with E-state index in [4.69, 9.17) is 4.74 Å². The van der Waals surface area contributed by atoms with Crippen molar-refractivity contribution in [1.29, 1.82) is 0 Å². The van der Waals surface area contributed by atoms with E-state index in [2.05, 4.69) is 12.2 Å². The van der Waals surface area contributed by atoms with Gasteiger partial charge in [0.1, 0.15) is 5.75 Å². The van der Waals surface area contributed by atoms with Crippen molar-refractivity contribution in [3.8, 4) is 5.75 Å². The summed E-state index contributed by atoms with van der Waals surface area (Å²) in [4.78, 5) is 13.1. The number of aryl methyl sites for hydroxylation is 1. The minimum Gasteiger partial charge on any atom is -0.494 e. The molecule has 0 unspecified atom stereocenters. The molecule has 1 fully saturated rings. The Morgan fingerprint density at radius 3 is 2.42 bits per heavy atom. The summed E-state index contributed by atoms with van der Waals surface area (Å²) in [5, 5.41) is 2.98. The van der Waals surface area contributed by atoms with Crippen molar-refractivity contribution in [2.24, 2.45) is 5.92 Å². The highest BCUT2D eigenvalue weighted by Crippen LogP contribution is 2.25. The predicted molar refractivity (Wildman–Crippen MR) is 122 cm³/mol. The van der Waals surface area contributed by atoms with Crippen molar-refractivity contribution >= 4 is 15.9 Å². The van der Waals surface area contributed by atoms with Crippen LogP contribution in [0.15, 0.2) is 47.4 Å². The molecule has 3 rings (SSSR count). The number of benzene rings is 2. The normalized spacial score (nSPS) is 16.6. The number of nitrogens with one attached hydrogen (secondary N) is 1.